The number of hydrogen-bond acceptors (Lipinski definition) is 4. The maximum Gasteiger partial charge on any atom is 0.173 e. The summed E-state index contributed by atoms with van der Waals surface area (Å²) >= 11 is 2.99. The molecule has 0 amide bonds. The normalized spacial score (nSPS) is 10.8. The van der Waals surface area contributed by atoms with E-state index in [1.807, 2.05) is 24.3 Å². The fraction of sp³-hybridized carbons (Fsp3) is 0.0667. The smallest absolute Gasteiger partial charge is 0.173 e. The summed E-state index contributed by atoms with van der Waals surface area (Å²) in [6, 6.07) is 13.5. The standard InChI is InChI=1S/C15H10FNOS2/c16-11-7-5-10(6-8-11)13(18)9-19-15-17-12-3-1-2-4-14(12)20-15/h1-8H,9H2. The number of thioether (sulfide) groups is 1. The molecule has 100 valence electrons. The topological polar surface area (TPSA) is 30.0 Å². The van der Waals surface area contributed by atoms with Crippen molar-refractivity contribution in [1.82, 2.24) is 4.98 Å². The first-order valence-corrected chi connectivity index (χ1v) is 7.80. The number of nitrogens with zero attached hydrogens (tertiary/aromatic N) is 1. The lowest BCUT2D eigenvalue weighted by Gasteiger charge is -1.99. The Hall–Kier alpha value is -1.72. The molecule has 0 fully saturated rings. The van der Waals surface area contributed by atoms with Crippen molar-refractivity contribution in [3.8, 4) is 0 Å². The molecule has 0 atom stereocenters. The van der Waals surface area contributed by atoms with Gasteiger partial charge >= 0.3 is 0 Å². The van der Waals surface area contributed by atoms with Crippen LogP contribution >= 0.6 is 23.1 Å². The zero-order valence-electron chi connectivity index (χ0n) is 10.4. The highest BCUT2D eigenvalue weighted by Gasteiger charge is 2.09. The predicted octanol–water partition coefficient (Wildman–Crippen LogP) is 4.41. The Balaban J connectivity index is 1.69. The molecule has 0 saturated heterocycles. The van der Waals surface area contributed by atoms with E-state index in [1.165, 1.54) is 36.0 Å². The maximum absolute atomic E-state index is 12.8. The van der Waals surface area contributed by atoms with E-state index in [4.69, 9.17) is 0 Å². The van der Waals surface area contributed by atoms with Gasteiger partial charge in [-0.15, -0.1) is 11.3 Å². The fourth-order valence-electron chi connectivity index (χ4n) is 1.76. The average molecular weight is 303 g/mol. The Morgan fingerprint density at radius 1 is 1.15 bits per heavy atom. The van der Waals surface area contributed by atoms with Crippen LogP contribution in [0.3, 0.4) is 0 Å². The van der Waals surface area contributed by atoms with Crippen molar-refractivity contribution in [2.75, 3.05) is 5.75 Å². The van der Waals surface area contributed by atoms with E-state index < -0.39 is 0 Å². The van der Waals surface area contributed by atoms with Crippen molar-refractivity contribution >= 4 is 39.1 Å². The van der Waals surface area contributed by atoms with Crippen LogP contribution in [0.25, 0.3) is 10.2 Å². The molecular formula is C15H10FNOS2. The maximum atomic E-state index is 12.8. The quantitative estimate of drug-likeness (QED) is 0.528. The second kappa shape index (κ2) is 5.73. The largest absolute Gasteiger partial charge is 0.293 e. The number of thiazole rings is 1. The molecule has 3 aromatic rings. The van der Waals surface area contributed by atoms with Gasteiger partial charge in [0, 0.05) is 5.56 Å². The van der Waals surface area contributed by atoms with Gasteiger partial charge in [0.1, 0.15) is 5.82 Å². The number of rotatable bonds is 4. The number of Topliss-reactive ketones (excluding diaryl/α,β-unsaturated/α-hetero) is 1. The summed E-state index contributed by atoms with van der Waals surface area (Å²) in [5.74, 6) is -0.0412. The van der Waals surface area contributed by atoms with Gasteiger partial charge < -0.3 is 0 Å². The van der Waals surface area contributed by atoms with Crippen molar-refractivity contribution < 1.29 is 9.18 Å². The van der Waals surface area contributed by atoms with Gasteiger partial charge in [-0.3, -0.25) is 4.79 Å². The first kappa shape index (κ1) is 13.3. The van der Waals surface area contributed by atoms with Crippen molar-refractivity contribution in [1.29, 1.82) is 0 Å². The molecule has 0 unspecified atom stereocenters. The van der Waals surface area contributed by atoms with Gasteiger partial charge in [0.25, 0.3) is 0 Å². The second-order valence-corrected chi connectivity index (χ2v) is 6.42. The van der Waals surface area contributed by atoms with Crippen molar-refractivity contribution in [2.45, 2.75) is 4.34 Å². The van der Waals surface area contributed by atoms with Crippen molar-refractivity contribution in [3.63, 3.8) is 0 Å². The Bertz CT molecular complexity index is 719. The Morgan fingerprint density at radius 2 is 1.90 bits per heavy atom. The molecule has 20 heavy (non-hydrogen) atoms. The number of carbonyl (C=O) groups is 1. The minimum atomic E-state index is -0.333. The molecule has 2 aromatic carbocycles. The highest BCUT2D eigenvalue weighted by Crippen LogP contribution is 2.29. The van der Waals surface area contributed by atoms with Crippen LogP contribution in [0.2, 0.25) is 0 Å². The summed E-state index contributed by atoms with van der Waals surface area (Å²) in [5.41, 5.74) is 1.48. The lowest BCUT2D eigenvalue weighted by Crippen LogP contribution is -2.01. The summed E-state index contributed by atoms with van der Waals surface area (Å²) in [6.45, 7) is 0. The summed E-state index contributed by atoms with van der Waals surface area (Å²) in [5, 5.41) is 0. The van der Waals surface area contributed by atoms with Crippen molar-refractivity contribution in [2.24, 2.45) is 0 Å². The molecule has 0 spiro atoms. The number of halogens is 1. The lowest BCUT2D eigenvalue weighted by molar-refractivity contribution is 0.102. The molecule has 1 heterocycles. The SMILES string of the molecule is O=C(CSc1nc2ccccc2s1)c1ccc(F)cc1. The molecule has 0 bridgehead atoms. The van der Waals surface area contributed by atoms with Gasteiger partial charge in [-0.2, -0.15) is 0 Å². The Labute approximate surface area is 123 Å². The van der Waals surface area contributed by atoms with Crippen LogP contribution in [-0.2, 0) is 0 Å². The molecule has 1 aromatic heterocycles. The van der Waals surface area contributed by atoms with E-state index in [-0.39, 0.29) is 11.6 Å². The average Bonchev–Trinajstić information content (AvgIpc) is 2.88. The van der Waals surface area contributed by atoms with E-state index >= 15 is 0 Å². The van der Waals surface area contributed by atoms with Crippen LogP contribution in [0.15, 0.2) is 52.9 Å². The third-order valence-corrected chi connectivity index (χ3v) is 4.95. The fourth-order valence-corrected chi connectivity index (χ4v) is 3.72. The van der Waals surface area contributed by atoms with Gasteiger partial charge in [0.05, 0.1) is 16.0 Å². The van der Waals surface area contributed by atoms with Crippen LogP contribution in [0.4, 0.5) is 4.39 Å². The van der Waals surface area contributed by atoms with Gasteiger partial charge in [0.15, 0.2) is 10.1 Å². The van der Waals surface area contributed by atoms with Crippen molar-refractivity contribution in [3.05, 3.63) is 59.9 Å². The monoisotopic (exact) mass is 303 g/mol. The summed E-state index contributed by atoms with van der Waals surface area (Å²) in [4.78, 5) is 16.4. The van der Waals surface area contributed by atoms with Crippen LogP contribution in [-0.4, -0.2) is 16.5 Å². The van der Waals surface area contributed by atoms with Gasteiger partial charge in [-0.1, -0.05) is 23.9 Å². The number of benzene rings is 2. The number of aromatic nitrogens is 1. The highest BCUT2D eigenvalue weighted by molar-refractivity contribution is 8.01. The van der Waals surface area contributed by atoms with Crippen LogP contribution in [0, 0.1) is 5.82 Å². The van der Waals surface area contributed by atoms with E-state index in [0.29, 0.717) is 11.3 Å². The second-order valence-electron chi connectivity index (χ2n) is 4.17. The Kier molecular flexibility index (Phi) is 3.80. The summed E-state index contributed by atoms with van der Waals surface area (Å²) < 4.78 is 14.8. The summed E-state index contributed by atoms with van der Waals surface area (Å²) in [6.07, 6.45) is 0. The predicted molar refractivity (Wildman–Crippen MR) is 81.1 cm³/mol. The number of para-hydroxylation sites is 1. The first-order valence-electron chi connectivity index (χ1n) is 5.99. The number of hydrogen-bond donors (Lipinski definition) is 0. The van der Waals surface area contributed by atoms with E-state index in [2.05, 4.69) is 4.98 Å². The number of fused-ring (bicyclic) bond motifs is 1. The minimum Gasteiger partial charge on any atom is -0.293 e. The lowest BCUT2D eigenvalue weighted by atomic mass is 10.1. The molecule has 5 heteroatoms. The van der Waals surface area contributed by atoms with Gasteiger partial charge in [0.2, 0.25) is 0 Å². The van der Waals surface area contributed by atoms with E-state index in [1.54, 1.807) is 11.3 Å². The van der Waals surface area contributed by atoms with Gasteiger partial charge in [-0.25, -0.2) is 9.37 Å². The molecule has 0 aliphatic heterocycles. The van der Waals surface area contributed by atoms with E-state index in [0.717, 1.165) is 14.6 Å². The van der Waals surface area contributed by atoms with Gasteiger partial charge in [-0.05, 0) is 36.4 Å². The zero-order chi connectivity index (χ0) is 13.9. The van der Waals surface area contributed by atoms with Crippen LogP contribution < -0.4 is 0 Å². The van der Waals surface area contributed by atoms with Crippen LogP contribution in [0.5, 0.6) is 0 Å². The third-order valence-electron chi connectivity index (χ3n) is 2.77. The number of carbonyl (C=O) groups excluding carboxylic acids is 1. The third kappa shape index (κ3) is 2.89. The molecular weight excluding hydrogens is 293 g/mol. The minimum absolute atomic E-state index is 0.0192. The number of ketones is 1. The highest BCUT2D eigenvalue weighted by atomic mass is 32.2. The Morgan fingerprint density at radius 3 is 2.65 bits per heavy atom. The molecule has 0 N–H and O–H groups in total. The molecule has 3 rings (SSSR count). The molecule has 0 aliphatic carbocycles. The zero-order valence-corrected chi connectivity index (χ0v) is 12.0. The van der Waals surface area contributed by atoms with E-state index in [9.17, 15) is 9.18 Å². The van der Waals surface area contributed by atoms with Crippen LogP contribution in [0.1, 0.15) is 10.4 Å². The summed E-state index contributed by atoms with van der Waals surface area (Å²) in [7, 11) is 0. The molecule has 0 aliphatic rings. The molecule has 0 radical (unpaired) electrons. The molecule has 0 saturated carbocycles. The first-order chi connectivity index (χ1) is 9.72. The molecule has 2 nitrogen and oxygen atoms in total.